The van der Waals surface area contributed by atoms with Crippen molar-refractivity contribution in [2.75, 3.05) is 0 Å². The van der Waals surface area contributed by atoms with Crippen LogP contribution in [0.3, 0.4) is 0 Å². The summed E-state index contributed by atoms with van der Waals surface area (Å²) < 4.78 is 12.7. The molecule has 0 bridgehead atoms. The molecule has 1 unspecified atom stereocenters. The Hall–Kier alpha value is -0.930. The van der Waals surface area contributed by atoms with Crippen LogP contribution >= 0.6 is 22.9 Å². The largest absolute Gasteiger partial charge is 0.245 e. The Bertz CT molecular complexity index is 466. The minimum Gasteiger partial charge on any atom is -0.245 e. The summed E-state index contributed by atoms with van der Waals surface area (Å²) in [7, 11) is 0. The van der Waals surface area contributed by atoms with Gasteiger partial charge in [0.1, 0.15) is 5.82 Å². The first-order valence-corrected chi connectivity index (χ1v) is 6.27. The molecular weight excluding hydrogens is 245 g/mol. The smallest absolute Gasteiger partial charge is 0.123 e. The van der Waals surface area contributed by atoms with Crippen LogP contribution in [0.15, 0.2) is 29.6 Å². The van der Waals surface area contributed by atoms with Gasteiger partial charge < -0.3 is 0 Å². The molecule has 0 amide bonds. The van der Waals surface area contributed by atoms with Gasteiger partial charge in [0, 0.05) is 5.38 Å². The number of aromatic nitrogens is 1. The SMILES string of the molecule is Cc1nc(C(Cl)Cc2ccc(F)cc2)cs1. The number of alkyl halides is 1. The first kappa shape index (κ1) is 11.6. The molecule has 0 aliphatic carbocycles. The van der Waals surface area contributed by atoms with Crippen molar-refractivity contribution < 1.29 is 4.39 Å². The average Bonchev–Trinajstić information content (AvgIpc) is 2.68. The maximum Gasteiger partial charge on any atom is 0.123 e. The van der Waals surface area contributed by atoms with Crippen LogP contribution in [0.4, 0.5) is 4.39 Å². The van der Waals surface area contributed by atoms with Crippen LogP contribution in [-0.4, -0.2) is 4.98 Å². The highest BCUT2D eigenvalue weighted by atomic mass is 35.5. The highest BCUT2D eigenvalue weighted by Crippen LogP contribution is 2.26. The quantitative estimate of drug-likeness (QED) is 0.752. The fraction of sp³-hybridized carbons (Fsp3) is 0.250. The van der Waals surface area contributed by atoms with Gasteiger partial charge in [0.2, 0.25) is 0 Å². The zero-order valence-corrected chi connectivity index (χ0v) is 10.4. The number of hydrogen-bond donors (Lipinski definition) is 0. The summed E-state index contributed by atoms with van der Waals surface area (Å²) in [6.45, 7) is 1.95. The Morgan fingerprint density at radius 1 is 1.38 bits per heavy atom. The number of halogens is 2. The molecule has 0 aliphatic rings. The van der Waals surface area contributed by atoms with E-state index in [0.717, 1.165) is 16.3 Å². The molecule has 1 aromatic heterocycles. The first-order chi connectivity index (χ1) is 7.65. The zero-order chi connectivity index (χ0) is 11.5. The zero-order valence-electron chi connectivity index (χ0n) is 8.78. The molecule has 0 saturated heterocycles. The standard InChI is InChI=1S/C12H11ClFNS/c1-8-15-12(7-16-8)11(13)6-9-2-4-10(14)5-3-9/h2-5,7,11H,6H2,1H3. The molecule has 0 spiro atoms. The molecule has 16 heavy (non-hydrogen) atoms. The number of hydrogen-bond acceptors (Lipinski definition) is 2. The molecule has 2 aromatic rings. The predicted molar refractivity (Wildman–Crippen MR) is 65.5 cm³/mol. The highest BCUT2D eigenvalue weighted by Gasteiger charge is 2.11. The van der Waals surface area contributed by atoms with Crippen molar-refractivity contribution in [3.05, 3.63) is 51.7 Å². The molecule has 0 fully saturated rings. The van der Waals surface area contributed by atoms with E-state index >= 15 is 0 Å². The summed E-state index contributed by atoms with van der Waals surface area (Å²) in [5, 5.41) is 2.84. The fourth-order valence-corrected chi connectivity index (χ4v) is 2.49. The lowest BCUT2D eigenvalue weighted by Gasteiger charge is -2.06. The lowest BCUT2D eigenvalue weighted by molar-refractivity contribution is 0.627. The summed E-state index contributed by atoms with van der Waals surface area (Å²) in [5.41, 5.74) is 1.92. The van der Waals surface area contributed by atoms with E-state index in [1.165, 1.54) is 12.1 Å². The van der Waals surface area contributed by atoms with E-state index in [1.54, 1.807) is 23.5 Å². The number of aryl methyl sites for hydroxylation is 1. The monoisotopic (exact) mass is 255 g/mol. The van der Waals surface area contributed by atoms with Crippen LogP contribution in [0.1, 0.15) is 21.6 Å². The summed E-state index contributed by atoms with van der Waals surface area (Å²) >= 11 is 7.83. The summed E-state index contributed by atoms with van der Waals surface area (Å²) in [6, 6.07) is 6.41. The van der Waals surface area contributed by atoms with E-state index in [0.29, 0.717) is 6.42 Å². The maximum atomic E-state index is 12.7. The van der Waals surface area contributed by atoms with Gasteiger partial charge in [-0.05, 0) is 31.0 Å². The van der Waals surface area contributed by atoms with Gasteiger partial charge in [0.05, 0.1) is 16.1 Å². The minimum atomic E-state index is -0.223. The Morgan fingerprint density at radius 3 is 2.62 bits per heavy atom. The Labute approximate surface area is 103 Å². The van der Waals surface area contributed by atoms with E-state index in [2.05, 4.69) is 4.98 Å². The van der Waals surface area contributed by atoms with Gasteiger partial charge >= 0.3 is 0 Å². The number of benzene rings is 1. The molecule has 1 heterocycles. The fourth-order valence-electron chi connectivity index (χ4n) is 1.46. The second-order valence-electron chi connectivity index (χ2n) is 3.59. The van der Waals surface area contributed by atoms with Crippen molar-refractivity contribution in [2.24, 2.45) is 0 Å². The number of rotatable bonds is 3. The van der Waals surface area contributed by atoms with E-state index in [-0.39, 0.29) is 11.2 Å². The van der Waals surface area contributed by atoms with Crippen LogP contribution in [0, 0.1) is 12.7 Å². The van der Waals surface area contributed by atoms with Gasteiger partial charge in [-0.15, -0.1) is 22.9 Å². The third kappa shape index (κ3) is 2.80. The lowest BCUT2D eigenvalue weighted by Crippen LogP contribution is -1.96. The molecule has 0 radical (unpaired) electrons. The van der Waals surface area contributed by atoms with Crippen molar-refractivity contribution in [2.45, 2.75) is 18.7 Å². The highest BCUT2D eigenvalue weighted by molar-refractivity contribution is 7.09. The molecule has 1 nitrogen and oxygen atoms in total. The second-order valence-corrected chi connectivity index (χ2v) is 5.18. The topological polar surface area (TPSA) is 12.9 Å². The number of nitrogens with zero attached hydrogens (tertiary/aromatic N) is 1. The Kier molecular flexibility index (Phi) is 3.56. The van der Waals surface area contributed by atoms with Crippen LogP contribution in [-0.2, 0) is 6.42 Å². The average molecular weight is 256 g/mol. The van der Waals surface area contributed by atoms with E-state index in [9.17, 15) is 4.39 Å². The van der Waals surface area contributed by atoms with Gasteiger partial charge in [-0.1, -0.05) is 12.1 Å². The van der Waals surface area contributed by atoms with Gasteiger partial charge in [0.25, 0.3) is 0 Å². The molecule has 0 N–H and O–H groups in total. The summed E-state index contributed by atoms with van der Waals surface area (Å²) in [6.07, 6.45) is 0.672. The van der Waals surface area contributed by atoms with E-state index < -0.39 is 0 Å². The van der Waals surface area contributed by atoms with Crippen molar-refractivity contribution in [1.29, 1.82) is 0 Å². The molecule has 4 heteroatoms. The van der Waals surface area contributed by atoms with Crippen LogP contribution < -0.4 is 0 Å². The molecule has 0 saturated carbocycles. The summed E-state index contributed by atoms with van der Waals surface area (Å²) in [4.78, 5) is 4.34. The van der Waals surface area contributed by atoms with E-state index in [4.69, 9.17) is 11.6 Å². The first-order valence-electron chi connectivity index (χ1n) is 4.95. The van der Waals surface area contributed by atoms with Crippen LogP contribution in [0.25, 0.3) is 0 Å². The Balaban J connectivity index is 2.07. The van der Waals surface area contributed by atoms with Gasteiger partial charge in [-0.2, -0.15) is 0 Å². The van der Waals surface area contributed by atoms with Crippen molar-refractivity contribution in [3.63, 3.8) is 0 Å². The summed E-state index contributed by atoms with van der Waals surface area (Å²) in [5.74, 6) is -0.223. The maximum absolute atomic E-state index is 12.7. The van der Waals surface area contributed by atoms with Gasteiger partial charge in [-0.3, -0.25) is 0 Å². The Morgan fingerprint density at radius 2 is 2.06 bits per heavy atom. The molecule has 1 aromatic carbocycles. The molecule has 0 aliphatic heterocycles. The molecule has 84 valence electrons. The predicted octanol–water partition coefficient (Wildman–Crippen LogP) is 4.11. The van der Waals surface area contributed by atoms with Crippen molar-refractivity contribution in [1.82, 2.24) is 4.98 Å². The van der Waals surface area contributed by atoms with E-state index in [1.807, 2.05) is 12.3 Å². The van der Waals surface area contributed by atoms with Crippen LogP contribution in [0.2, 0.25) is 0 Å². The van der Waals surface area contributed by atoms with Crippen molar-refractivity contribution >= 4 is 22.9 Å². The van der Waals surface area contributed by atoms with Crippen molar-refractivity contribution in [3.8, 4) is 0 Å². The molecule has 2 rings (SSSR count). The van der Waals surface area contributed by atoms with Gasteiger partial charge in [-0.25, -0.2) is 9.37 Å². The molecule has 1 atom stereocenters. The number of thiazole rings is 1. The normalized spacial score (nSPS) is 12.7. The molecular formula is C12H11ClFNS. The minimum absolute atomic E-state index is 0.143. The lowest BCUT2D eigenvalue weighted by atomic mass is 10.1. The third-order valence-corrected chi connectivity index (χ3v) is 3.46. The van der Waals surface area contributed by atoms with Gasteiger partial charge in [0.15, 0.2) is 0 Å². The van der Waals surface area contributed by atoms with Crippen LogP contribution in [0.5, 0.6) is 0 Å². The third-order valence-electron chi connectivity index (χ3n) is 2.29. The second kappa shape index (κ2) is 4.93.